The molecule has 0 radical (unpaired) electrons. The first-order valence-electron chi connectivity index (χ1n) is 5.31. The normalized spacial score (nSPS) is 13.3. The molecule has 0 saturated heterocycles. The lowest BCUT2D eigenvalue weighted by atomic mass is 10.2. The van der Waals surface area contributed by atoms with E-state index >= 15 is 0 Å². The molecule has 3 heteroatoms. The number of pyridine rings is 1. The Balaban J connectivity index is 2.41. The van der Waals surface area contributed by atoms with E-state index in [1.807, 2.05) is 13.2 Å². The molecule has 0 aromatic carbocycles. The summed E-state index contributed by atoms with van der Waals surface area (Å²) in [5.74, 6) is 1.12. The highest BCUT2D eigenvalue weighted by atomic mass is 15.0. The van der Waals surface area contributed by atoms with E-state index in [0.717, 1.165) is 12.2 Å². The second kappa shape index (κ2) is 4.03. The summed E-state index contributed by atoms with van der Waals surface area (Å²) in [5.41, 5.74) is 2.48. The number of aryl methyl sites for hydroxylation is 1. The molecule has 0 bridgehead atoms. The Hall–Kier alpha value is -1.35. The van der Waals surface area contributed by atoms with E-state index in [9.17, 15) is 0 Å². The smallest absolute Gasteiger partial charge is 0.114 e. The number of fused-ring (bicyclic) bond motifs is 1. The molecule has 0 aliphatic carbocycles. The van der Waals surface area contributed by atoms with Crippen LogP contribution in [0.5, 0.6) is 0 Å². The van der Waals surface area contributed by atoms with E-state index in [1.165, 1.54) is 11.1 Å². The van der Waals surface area contributed by atoms with Gasteiger partial charge in [-0.1, -0.05) is 6.07 Å². The van der Waals surface area contributed by atoms with Crippen molar-refractivity contribution in [2.24, 2.45) is 0 Å². The summed E-state index contributed by atoms with van der Waals surface area (Å²) < 4.78 is 2.17. The molecular weight excluding hydrogens is 186 g/mol. The highest BCUT2D eigenvalue weighted by Crippen LogP contribution is 2.12. The third kappa shape index (κ3) is 1.88. The molecule has 0 saturated carbocycles. The largest absolute Gasteiger partial charge is 0.317 e. The summed E-state index contributed by atoms with van der Waals surface area (Å²) in [6.45, 7) is 4.28. The quantitative estimate of drug-likeness (QED) is 0.824. The highest BCUT2D eigenvalue weighted by Gasteiger charge is 2.07. The third-order valence-corrected chi connectivity index (χ3v) is 2.84. The maximum Gasteiger partial charge on any atom is 0.114 e. The summed E-state index contributed by atoms with van der Waals surface area (Å²) in [4.78, 5) is 4.47. The molecule has 2 rings (SSSR count). The van der Waals surface area contributed by atoms with E-state index in [2.05, 4.69) is 46.9 Å². The van der Waals surface area contributed by atoms with Gasteiger partial charge in [0.15, 0.2) is 0 Å². The van der Waals surface area contributed by atoms with E-state index in [4.69, 9.17) is 0 Å². The number of imidazole rings is 1. The monoisotopic (exact) mass is 203 g/mol. The van der Waals surface area contributed by atoms with E-state index < -0.39 is 0 Å². The fourth-order valence-electron chi connectivity index (χ4n) is 1.74. The Kier molecular flexibility index (Phi) is 2.73. The van der Waals surface area contributed by atoms with Crippen LogP contribution < -0.4 is 5.32 Å². The molecule has 2 aromatic heterocycles. The van der Waals surface area contributed by atoms with Crippen LogP contribution in [0, 0.1) is 6.92 Å². The van der Waals surface area contributed by atoms with Gasteiger partial charge in [-0.15, -0.1) is 0 Å². The number of hydrogen-bond acceptors (Lipinski definition) is 2. The summed E-state index contributed by atoms with van der Waals surface area (Å²) in [6, 6.07) is 4.64. The Morgan fingerprint density at radius 2 is 2.33 bits per heavy atom. The number of likely N-dealkylation sites (N-methyl/N-ethyl adjacent to an activating group) is 1. The van der Waals surface area contributed by atoms with Gasteiger partial charge in [0.1, 0.15) is 5.82 Å². The second-order valence-corrected chi connectivity index (χ2v) is 4.01. The average molecular weight is 203 g/mol. The zero-order valence-corrected chi connectivity index (χ0v) is 9.49. The minimum atomic E-state index is 0.455. The fourth-order valence-corrected chi connectivity index (χ4v) is 1.74. The van der Waals surface area contributed by atoms with Gasteiger partial charge in [0.25, 0.3) is 0 Å². The van der Waals surface area contributed by atoms with E-state index in [-0.39, 0.29) is 0 Å². The SMILES string of the molecule is CNC(C)Cc1ncc2c(C)cccn12. The predicted molar refractivity (Wildman–Crippen MR) is 62.2 cm³/mol. The van der Waals surface area contributed by atoms with Gasteiger partial charge in [-0.25, -0.2) is 4.98 Å². The van der Waals surface area contributed by atoms with Crippen molar-refractivity contribution in [1.82, 2.24) is 14.7 Å². The third-order valence-electron chi connectivity index (χ3n) is 2.84. The summed E-state index contributed by atoms with van der Waals surface area (Å²) in [5, 5.41) is 3.23. The summed E-state index contributed by atoms with van der Waals surface area (Å²) >= 11 is 0. The van der Waals surface area contributed by atoms with Crippen LogP contribution in [0.25, 0.3) is 5.52 Å². The summed E-state index contributed by atoms with van der Waals surface area (Å²) in [7, 11) is 1.98. The minimum absolute atomic E-state index is 0.455. The minimum Gasteiger partial charge on any atom is -0.317 e. The molecule has 1 N–H and O–H groups in total. The number of nitrogens with one attached hydrogen (secondary N) is 1. The van der Waals surface area contributed by atoms with Crippen molar-refractivity contribution in [3.8, 4) is 0 Å². The van der Waals surface area contributed by atoms with E-state index in [0.29, 0.717) is 6.04 Å². The zero-order chi connectivity index (χ0) is 10.8. The number of hydrogen-bond donors (Lipinski definition) is 1. The molecule has 1 atom stereocenters. The van der Waals surface area contributed by atoms with Gasteiger partial charge in [0, 0.05) is 18.7 Å². The van der Waals surface area contributed by atoms with Crippen LogP contribution in [0.4, 0.5) is 0 Å². The van der Waals surface area contributed by atoms with Crippen LogP contribution in [0.3, 0.4) is 0 Å². The molecule has 2 heterocycles. The molecular formula is C12H17N3. The highest BCUT2D eigenvalue weighted by molar-refractivity contribution is 5.53. The van der Waals surface area contributed by atoms with Crippen LogP contribution in [-0.2, 0) is 6.42 Å². The van der Waals surface area contributed by atoms with Crippen molar-refractivity contribution in [2.45, 2.75) is 26.3 Å². The maximum absolute atomic E-state index is 4.47. The second-order valence-electron chi connectivity index (χ2n) is 4.01. The molecule has 15 heavy (non-hydrogen) atoms. The van der Waals surface area contributed by atoms with Crippen molar-refractivity contribution in [3.63, 3.8) is 0 Å². The Bertz CT molecular complexity index is 459. The van der Waals surface area contributed by atoms with Crippen LogP contribution >= 0.6 is 0 Å². The van der Waals surface area contributed by atoms with Gasteiger partial charge < -0.3 is 9.72 Å². The number of nitrogens with zero attached hydrogens (tertiary/aromatic N) is 2. The topological polar surface area (TPSA) is 29.3 Å². The van der Waals surface area contributed by atoms with Gasteiger partial charge in [-0.05, 0) is 32.5 Å². The van der Waals surface area contributed by atoms with Crippen LogP contribution in [0.1, 0.15) is 18.3 Å². The first kappa shape index (κ1) is 10.2. The lowest BCUT2D eigenvalue weighted by molar-refractivity contribution is 0.590. The van der Waals surface area contributed by atoms with E-state index in [1.54, 1.807) is 0 Å². The lowest BCUT2D eigenvalue weighted by Gasteiger charge is -2.09. The van der Waals surface area contributed by atoms with Gasteiger partial charge in [-0.3, -0.25) is 0 Å². The molecule has 0 spiro atoms. The maximum atomic E-state index is 4.47. The molecule has 3 nitrogen and oxygen atoms in total. The Morgan fingerprint density at radius 3 is 3.07 bits per heavy atom. The molecule has 0 aliphatic heterocycles. The first-order chi connectivity index (χ1) is 7.22. The first-order valence-corrected chi connectivity index (χ1v) is 5.31. The molecule has 80 valence electrons. The van der Waals surface area contributed by atoms with Crippen molar-refractivity contribution in [1.29, 1.82) is 0 Å². The van der Waals surface area contributed by atoms with Gasteiger partial charge in [0.05, 0.1) is 11.7 Å². The number of rotatable bonds is 3. The van der Waals surface area contributed by atoms with Crippen molar-refractivity contribution >= 4 is 5.52 Å². The van der Waals surface area contributed by atoms with Crippen molar-refractivity contribution in [3.05, 3.63) is 35.9 Å². The van der Waals surface area contributed by atoms with Gasteiger partial charge in [-0.2, -0.15) is 0 Å². The molecule has 0 amide bonds. The Morgan fingerprint density at radius 1 is 1.53 bits per heavy atom. The standard InChI is InChI=1S/C12H17N3/c1-9-5-4-6-15-11(9)8-14-12(15)7-10(2)13-3/h4-6,8,10,13H,7H2,1-3H3. The van der Waals surface area contributed by atoms with Crippen molar-refractivity contribution < 1.29 is 0 Å². The molecule has 2 aromatic rings. The fraction of sp³-hybridized carbons (Fsp3) is 0.417. The van der Waals surface area contributed by atoms with Crippen LogP contribution in [0.15, 0.2) is 24.5 Å². The lowest BCUT2D eigenvalue weighted by Crippen LogP contribution is -2.24. The molecule has 0 aliphatic rings. The number of aromatic nitrogens is 2. The van der Waals surface area contributed by atoms with Gasteiger partial charge in [0.2, 0.25) is 0 Å². The van der Waals surface area contributed by atoms with Crippen molar-refractivity contribution in [2.75, 3.05) is 7.05 Å². The summed E-state index contributed by atoms with van der Waals surface area (Å²) in [6.07, 6.45) is 4.98. The van der Waals surface area contributed by atoms with Crippen LogP contribution in [-0.4, -0.2) is 22.5 Å². The molecule has 0 fully saturated rings. The van der Waals surface area contributed by atoms with Crippen LogP contribution in [0.2, 0.25) is 0 Å². The average Bonchev–Trinajstić information content (AvgIpc) is 2.63. The predicted octanol–water partition coefficient (Wildman–Crippen LogP) is 1.79. The molecule has 1 unspecified atom stereocenters. The van der Waals surface area contributed by atoms with Gasteiger partial charge >= 0.3 is 0 Å². The Labute approximate surface area is 90.1 Å². The zero-order valence-electron chi connectivity index (χ0n) is 9.49.